The quantitative estimate of drug-likeness (QED) is 0.719. The number of ether oxygens (including phenoxy) is 1. The number of nitrogens with zero attached hydrogens (tertiary/aromatic N) is 4. The van der Waals surface area contributed by atoms with Gasteiger partial charge in [-0.05, 0) is 57.2 Å². The minimum Gasteiger partial charge on any atom is -0.485 e. The number of anilines is 1. The summed E-state index contributed by atoms with van der Waals surface area (Å²) in [7, 11) is 2.16. The summed E-state index contributed by atoms with van der Waals surface area (Å²) >= 11 is 0. The standard InChI is InChI=1S/C20H23N5O2/c1-25-11-9-16(10-12-25)22-18-8-7-15(13-21-18)20-23-19(24-27-20)14-26-17-5-3-2-4-6-17/h2-8,13,16H,9-12,14H2,1H3,(H,21,22). The van der Waals surface area contributed by atoms with Crippen LogP contribution in [0.15, 0.2) is 53.2 Å². The van der Waals surface area contributed by atoms with Gasteiger partial charge in [0.1, 0.15) is 11.6 Å². The molecule has 0 spiro atoms. The Bertz CT molecular complexity index is 842. The molecule has 1 aliphatic heterocycles. The Morgan fingerprint density at radius 3 is 2.70 bits per heavy atom. The summed E-state index contributed by atoms with van der Waals surface area (Å²) in [5, 5.41) is 7.47. The first-order chi connectivity index (χ1) is 13.3. The van der Waals surface area contributed by atoms with E-state index in [0.717, 1.165) is 43.1 Å². The Morgan fingerprint density at radius 1 is 1.15 bits per heavy atom. The summed E-state index contributed by atoms with van der Waals surface area (Å²) in [5.41, 5.74) is 0.794. The van der Waals surface area contributed by atoms with Crippen molar-refractivity contribution in [2.24, 2.45) is 0 Å². The van der Waals surface area contributed by atoms with Crippen LogP contribution in [0.4, 0.5) is 5.82 Å². The molecule has 27 heavy (non-hydrogen) atoms. The summed E-state index contributed by atoms with van der Waals surface area (Å²) in [6, 6.07) is 13.9. The van der Waals surface area contributed by atoms with Crippen LogP contribution in [0.1, 0.15) is 18.7 Å². The highest BCUT2D eigenvalue weighted by Crippen LogP contribution is 2.20. The molecule has 0 radical (unpaired) electrons. The number of hydrogen-bond donors (Lipinski definition) is 1. The van der Waals surface area contributed by atoms with Gasteiger partial charge in [-0.1, -0.05) is 23.4 Å². The first-order valence-electron chi connectivity index (χ1n) is 9.18. The molecule has 0 unspecified atom stereocenters. The largest absolute Gasteiger partial charge is 0.485 e. The van der Waals surface area contributed by atoms with Gasteiger partial charge in [-0.25, -0.2) is 4.98 Å². The van der Waals surface area contributed by atoms with Crippen LogP contribution in [0, 0.1) is 0 Å². The molecule has 0 saturated carbocycles. The summed E-state index contributed by atoms with van der Waals surface area (Å²) in [6.45, 7) is 2.49. The highest BCUT2D eigenvalue weighted by atomic mass is 16.5. The van der Waals surface area contributed by atoms with Crippen LogP contribution in [0.3, 0.4) is 0 Å². The number of aromatic nitrogens is 3. The minimum atomic E-state index is 0.261. The van der Waals surface area contributed by atoms with Crippen LogP contribution in [0.2, 0.25) is 0 Å². The molecule has 7 nitrogen and oxygen atoms in total. The molecule has 0 aliphatic carbocycles. The summed E-state index contributed by atoms with van der Waals surface area (Å²) in [5.74, 6) is 2.60. The fourth-order valence-corrected chi connectivity index (χ4v) is 3.06. The van der Waals surface area contributed by atoms with Crippen LogP contribution < -0.4 is 10.1 Å². The Labute approximate surface area is 158 Å². The van der Waals surface area contributed by atoms with E-state index < -0.39 is 0 Å². The average molecular weight is 365 g/mol. The monoisotopic (exact) mass is 365 g/mol. The molecule has 1 saturated heterocycles. The van der Waals surface area contributed by atoms with Crippen LogP contribution in [-0.4, -0.2) is 46.2 Å². The molecule has 0 bridgehead atoms. The van der Waals surface area contributed by atoms with Crippen molar-refractivity contribution in [1.29, 1.82) is 0 Å². The molecule has 0 amide bonds. The van der Waals surface area contributed by atoms with Crippen molar-refractivity contribution in [3.8, 4) is 17.2 Å². The third-order valence-corrected chi connectivity index (χ3v) is 4.66. The number of likely N-dealkylation sites (tertiary alicyclic amines) is 1. The smallest absolute Gasteiger partial charge is 0.259 e. The van der Waals surface area contributed by atoms with Gasteiger partial charge in [0.25, 0.3) is 5.89 Å². The minimum absolute atomic E-state index is 0.261. The van der Waals surface area contributed by atoms with E-state index in [1.807, 2.05) is 42.5 Å². The molecular weight excluding hydrogens is 342 g/mol. The molecule has 140 valence electrons. The molecule has 3 aromatic rings. The summed E-state index contributed by atoms with van der Waals surface area (Å²) in [4.78, 5) is 11.2. The molecular formula is C20H23N5O2. The Morgan fingerprint density at radius 2 is 1.96 bits per heavy atom. The van der Waals surface area contributed by atoms with Crippen LogP contribution in [-0.2, 0) is 6.61 Å². The van der Waals surface area contributed by atoms with E-state index in [4.69, 9.17) is 9.26 Å². The number of piperidine rings is 1. The predicted molar refractivity (Wildman–Crippen MR) is 102 cm³/mol. The number of rotatable bonds is 6. The van der Waals surface area contributed by atoms with Crippen molar-refractivity contribution in [1.82, 2.24) is 20.0 Å². The van der Waals surface area contributed by atoms with E-state index in [1.165, 1.54) is 0 Å². The van der Waals surface area contributed by atoms with Crippen LogP contribution >= 0.6 is 0 Å². The topological polar surface area (TPSA) is 76.3 Å². The van der Waals surface area contributed by atoms with Gasteiger partial charge in [0.15, 0.2) is 6.61 Å². The Hall–Kier alpha value is -2.93. The number of benzene rings is 1. The van der Waals surface area contributed by atoms with E-state index in [1.54, 1.807) is 6.20 Å². The van der Waals surface area contributed by atoms with Gasteiger partial charge in [-0.2, -0.15) is 4.98 Å². The maximum absolute atomic E-state index is 5.64. The van der Waals surface area contributed by atoms with Gasteiger partial charge in [0, 0.05) is 12.2 Å². The van der Waals surface area contributed by atoms with Gasteiger partial charge in [-0.15, -0.1) is 0 Å². The summed E-state index contributed by atoms with van der Waals surface area (Å²) in [6.07, 6.45) is 4.02. The fraction of sp³-hybridized carbons (Fsp3) is 0.350. The maximum Gasteiger partial charge on any atom is 0.259 e. The van der Waals surface area contributed by atoms with E-state index in [9.17, 15) is 0 Å². The van der Waals surface area contributed by atoms with E-state index in [0.29, 0.717) is 17.8 Å². The van der Waals surface area contributed by atoms with Gasteiger partial charge in [0.2, 0.25) is 5.82 Å². The van der Waals surface area contributed by atoms with Crippen molar-refractivity contribution in [2.75, 3.05) is 25.5 Å². The van der Waals surface area contributed by atoms with Crippen molar-refractivity contribution in [3.05, 3.63) is 54.5 Å². The number of hydrogen-bond acceptors (Lipinski definition) is 7. The zero-order valence-corrected chi connectivity index (χ0v) is 15.3. The zero-order valence-electron chi connectivity index (χ0n) is 15.3. The first kappa shape index (κ1) is 17.5. The number of pyridine rings is 1. The van der Waals surface area contributed by atoms with Crippen molar-refractivity contribution >= 4 is 5.82 Å². The lowest BCUT2D eigenvalue weighted by atomic mass is 10.1. The third kappa shape index (κ3) is 4.62. The normalized spacial score (nSPS) is 15.6. The second kappa shape index (κ2) is 8.18. The lowest BCUT2D eigenvalue weighted by molar-refractivity contribution is 0.263. The lowest BCUT2D eigenvalue weighted by Gasteiger charge is -2.29. The fourth-order valence-electron chi connectivity index (χ4n) is 3.06. The van der Waals surface area contributed by atoms with E-state index in [-0.39, 0.29) is 6.61 Å². The van der Waals surface area contributed by atoms with Gasteiger partial charge in [0.05, 0.1) is 5.56 Å². The molecule has 1 fully saturated rings. The van der Waals surface area contributed by atoms with Crippen LogP contribution in [0.25, 0.3) is 11.5 Å². The van der Waals surface area contributed by atoms with Crippen LogP contribution in [0.5, 0.6) is 5.75 Å². The van der Waals surface area contributed by atoms with Crippen molar-refractivity contribution in [2.45, 2.75) is 25.5 Å². The summed E-state index contributed by atoms with van der Waals surface area (Å²) < 4.78 is 11.0. The number of nitrogens with one attached hydrogen (secondary N) is 1. The Kier molecular flexibility index (Phi) is 5.29. The Balaban J connectivity index is 1.34. The van der Waals surface area contributed by atoms with Gasteiger partial charge < -0.3 is 19.5 Å². The second-order valence-electron chi connectivity index (χ2n) is 6.77. The molecule has 1 aliphatic rings. The van der Waals surface area contributed by atoms with E-state index >= 15 is 0 Å². The third-order valence-electron chi connectivity index (χ3n) is 4.66. The maximum atomic E-state index is 5.64. The van der Waals surface area contributed by atoms with Crippen molar-refractivity contribution in [3.63, 3.8) is 0 Å². The molecule has 7 heteroatoms. The lowest BCUT2D eigenvalue weighted by Crippen LogP contribution is -2.36. The van der Waals surface area contributed by atoms with Gasteiger partial charge >= 0.3 is 0 Å². The zero-order chi connectivity index (χ0) is 18.5. The number of para-hydroxylation sites is 1. The molecule has 0 atom stereocenters. The predicted octanol–water partition coefficient (Wildman–Crippen LogP) is 3.22. The molecule has 4 rings (SSSR count). The first-order valence-corrected chi connectivity index (χ1v) is 9.18. The van der Waals surface area contributed by atoms with Gasteiger partial charge in [-0.3, -0.25) is 0 Å². The SMILES string of the molecule is CN1CCC(Nc2ccc(-c3nc(COc4ccccc4)no3)cn2)CC1. The molecule has 2 aromatic heterocycles. The molecule has 1 aromatic carbocycles. The highest BCUT2D eigenvalue weighted by molar-refractivity contribution is 5.54. The van der Waals surface area contributed by atoms with E-state index in [2.05, 4.69) is 32.4 Å². The second-order valence-corrected chi connectivity index (χ2v) is 6.77. The van der Waals surface area contributed by atoms with Crippen molar-refractivity contribution < 1.29 is 9.26 Å². The average Bonchev–Trinajstić information content (AvgIpc) is 3.19. The highest BCUT2D eigenvalue weighted by Gasteiger charge is 2.17. The molecule has 1 N–H and O–H groups in total. The molecule has 3 heterocycles.